The number of carbonyl (C=O) groups excluding carboxylic acids is 1. The van der Waals surface area contributed by atoms with Gasteiger partial charge in [0.2, 0.25) is 0 Å². The number of carbonyl (C=O) groups is 1. The Balaban J connectivity index is 3.05. The van der Waals surface area contributed by atoms with E-state index in [1.807, 2.05) is 13.0 Å². The largest absolute Gasteiger partial charge is 0.496 e. The van der Waals surface area contributed by atoms with Crippen LogP contribution >= 0.6 is 11.6 Å². The van der Waals surface area contributed by atoms with Gasteiger partial charge in [0, 0.05) is 17.0 Å². The van der Waals surface area contributed by atoms with Gasteiger partial charge in [-0.2, -0.15) is 5.26 Å². The summed E-state index contributed by atoms with van der Waals surface area (Å²) in [4.78, 5) is 12.0. The van der Waals surface area contributed by atoms with Crippen molar-refractivity contribution >= 4 is 17.4 Å². The van der Waals surface area contributed by atoms with Crippen LogP contribution in [0.4, 0.5) is 0 Å². The lowest BCUT2D eigenvalue weighted by Gasteiger charge is -2.13. The Labute approximate surface area is 112 Å². The second-order valence-corrected chi connectivity index (χ2v) is 4.45. The van der Waals surface area contributed by atoms with Crippen molar-refractivity contribution < 1.29 is 9.53 Å². The van der Waals surface area contributed by atoms with Crippen molar-refractivity contribution in [1.29, 1.82) is 5.26 Å². The van der Waals surface area contributed by atoms with Crippen LogP contribution in [0.2, 0.25) is 5.02 Å². The van der Waals surface area contributed by atoms with Crippen molar-refractivity contribution in [2.45, 2.75) is 32.1 Å². The van der Waals surface area contributed by atoms with Crippen molar-refractivity contribution in [1.82, 2.24) is 0 Å². The average molecular weight is 266 g/mol. The lowest BCUT2D eigenvalue weighted by atomic mass is 9.92. The van der Waals surface area contributed by atoms with E-state index in [0.29, 0.717) is 22.8 Å². The lowest BCUT2D eigenvalue weighted by Crippen LogP contribution is -2.11. The van der Waals surface area contributed by atoms with Crippen LogP contribution in [0.1, 0.15) is 37.7 Å². The second-order valence-electron chi connectivity index (χ2n) is 4.02. The highest BCUT2D eigenvalue weighted by atomic mass is 35.5. The van der Waals surface area contributed by atoms with Gasteiger partial charge in [-0.25, -0.2) is 0 Å². The molecule has 0 saturated carbocycles. The minimum atomic E-state index is -0.801. The molecule has 1 atom stereocenters. The smallest absolute Gasteiger partial charge is 0.154 e. The van der Waals surface area contributed by atoms with Crippen LogP contribution in [0, 0.1) is 11.3 Å². The second kappa shape index (κ2) is 7.03. The van der Waals surface area contributed by atoms with E-state index < -0.39 is 5.92 Å². The highest BCUT2D eigenvalue weighted by molar-refractivity contribution is 6.30. The van der Waals surface area contributed by atoms with Gasteiger partial charge in [-0.15, -0.1) is 0 Å². The summed E-state index contributed by atoms with van der Waals surface area (Å²) in [6.07, 6.45) is 2.13. The van der Waals surface area contributed by atoms with Crippen LogP contribution in [0.3, 0.4) is 0 Å². The van der Waals surface area contributed by atoms with Crippen molar-refractivity contribution in [3.63, 3.8) is 0 Å². The molecule has 96 valence electrons. The predicted molar refractivity (Wildman–Crippen MR) is 70.9 cm³/mol. The fourth-order valence-corrected chi connectivity index (χ4v) is 1.92. The van der Waals surface area contributed by atoms with Crippen molar-refractivity contribution in [3.05, 3.63) is 28.8 Å². The molecule has 3 nitrogen and oxygen atoms in total. The predicted octanol–water partition coefficient (Wildman–Crippen LogP) is 3.72. The van der Waals surface area contributed by atoms with E-state index in [9.17, 15) is 10.1 Å². The van der Waals surface area contributed by atoms with Gasteiger partial charge in [0.1, 0.15) is 11.7 Å². The number of nitriles is 1. The zero-order chi connectivity index (χ0) is 13.5. The first-order valence-corrected chi connectivity index (χ1v) is 6.27. The third kappa shape index (κ3) is 3.48. The first-order chi connectivity index (χ1) is 8.63. The normalized spacial score (nSPS) is 11.7. The SMILES string of the molecule is CCCCC(=O)C(C#N)c1cc(Cl)ccc1OC. The Bertz CT molecular complexity index is 465. The number of hydrogen-bond donors (Lipinski definition) is 0. The molecule has 1 aromatic carbocycles. The average Bonchev–Trinajstić information content (AvgIpc) is 2.37. The van der Waals surface area contributed by atoms with Crippen LogP contribution in [0.15, 0.2) is 18.2 Å². The molecule has 0 saturated heterocycles. The minimum Gasteiger partial charge on any atom is -0.496 e. The molecule has 0 aliphatic heterocycles. The summed E-state index contributed by atoms with van der Waals surface area (Å²) in [5, 5.41) is 9.69. The van der Waals surface area contributed by atoms with E-state index in [2.05, 4.69) is 0 Å². The van der Waals surface area contributed by atoms with E-state index in [0.717, 1.165) is 12.8 Å². The van der Waals surface area contributed by atoms with Gasteiger partial charge in [-0.3, -0.25) is 4.79 Å². The molecule has 0 amide bonds. The molecule has 0 spiro atoms. The molecule has 0 bridgehead atoms. The van der Waals surface area contributed by atoms with E-state index in [4.69, 9.17) is 16.3 Å². The molecule has 0 fully saturated rings. The molecule has 1 aromatic rings. The van der Waals surface area contributed by atoms with E-state index in [1.54, 1.807) is 18.2 Å². The number of nitrogens with zero attached hydrogens (tertiary/aromatic N) is 1. The van der Waals surface area contributed by atoms with Crippen LogP contribution in [0.25, 0.3) is 0 Å². The monoisotopic (exact) mass is 265 g/mol. The maximum atomic E-state index is 12.0. The first kappa shape index (κ1) is 14.5. The number of methoxy groups -OCH3 is 1. The van der Waals surface area contributed by atoms with Crippen molar-refractivity contribution in [3.8, 4) is 11.8 Å². The molecule has 1 unspecified atom stereocenters. The molecule has 18 heavy (non-hydrogen) atoms. The Morgan fingerprint density at radius 2 is 2.28 bits per heavy atom. The van der Waals surface area contributed by atoms with Crippen molar-refractivity contribution in [2.75, 3.05) is 7.11 Å². The zero-order valence-electron chi connectivity index (χ0n) is 10.6. The number of rotatable bonds is 6. The molecule has 0 aliphatic carbocycles. The van der Waals surface area contributed by atoms with Gasteiger partial charge >= 0.3 is 0 Å². The summed E-state index contributed by atoms with van der Waals surface area (Å²) in [5.41, 5.74) is 0.550. The first-order valence-electron chi connectivity index (χ1n) is 5.89. The molecule has 4 heteroatoms. The van der Waals surface area contributed by atoms with Crippen molar-refractivity contribution in [2.24, 2.45) is 0 Å². The van der Waals surface area contributed by atoms with E-state index in [1.165, 1.54) is 7.11 Å². The van der Waals surface area contributed by atoms with Crippen LogP contribution < -0.4 is 4.74 Å². The third-order valence-electron chi connectivity index (χ3n) is 2.73. The van der Waals surface area contributed by atoms with Crippen LogP contribution in [-0.2, 0) is 4.79 Å². The summed E-state index contributed by atoms with van der Waals surface area (Å²) in [6.45, 7) is 2.01. The lowest BCUT2D eigenvalue weighted by molar-refractivity contribution is -0.119. The maximum absolute atomic E-state index is 12.0. The molecule has 0 heterocycles. The maximum Gasteiger partial charge on any atom is 0.154 e. The molecule has 0 aliphatic rings. The molecule has 1 rings (SSSR count). The van der Waals surface area contributed by atoms with Gasteiger partial charge in [-0.05, 0) is 24.6 Å². The Morgan fingerprint density at radius 3 is 2.83 bits per heavy atom. The third-order valence-corrected chi connectivity index (χ3v) is 2.97. The van der Waals surface area contributed by atoms with Gasteiger partial charge in [0.25, 0.3) is 0 Å². The standard InChI is InChI=1S/C14H16ClNO2/c1-3-4-5-13(17)12(9-16)11-8-10(15)6-7-14(11)18-2/h6-8,12H,3-5H2,1-2H3. The topological polar surface area (TPSA) is 50.1 Å². The Morgan fingerprint density at radius 1 is 1.56 bits per heavy atom. The van der Waals surface area contributed by atoms with Gasteiger partial charge in [0.05, 0.1) is 13.2 Å². The Kier molecular flexibility index (Phi) is 5.67. The highest BCUT2D eigenvalue weighted by Crippen LogP contribution is 2.30. The summed E-state index contributed by atoms with van der Waals surface area (Å²) in [5.74, 6) is -0.360. The fraction of sp³-hybridized carbons (Fsp3) is 0.429. The number of benzene rings is 1. The quantitative estimate of drug-likeness (QED) is 0.788. The summed E-state index contributed by atoms with van der Waals surface area (Å²) < 4.78 is 5.18. The van der Waals surface area contributed by atoms with E-state index in [-0.39, 0.29) is 5.78 Å². The minimum absolute atomic E-state index is 0.0834. The number of Topliss-reactive ketones (excluding diaryl/α,β-unsaturated/α-hetero) is 1. The molecular weight excluding hydrogens is 250 g/mol. The molecule has 0 aromatic heterocycles. The zero-order valence-corrected chi connectivity index (χ0v) is 11.3. The number of ether oxygens (including phenoxy) is 1. The molecule has 0 radical (unpaired) electrons. The fourth-order valence-electron chi connectivity index (χ4n) is 1.74. The number of unbranched alkanes of at least 4 members (excludes halogenated alkanes) is 1. The van der Waals surface area contributed by atoms with Crippen LogP contribution in [0.5, 0.6) is 5.75 Å². The number of ketones is 1. The number of hydrogen-bond acceptors (Lipinski definition) is 3. The molecule has 0 N–H and O–H groups in total. The molecular formula is C14H16ClNO2. The number of halogens is 1. The highest BCUT2D eigenvalue weighted by Gasteiger charge is 2.23. The Hall–Kier alpha value is -1.53. The van der Waals surface area contributed by atoms with E-state index >= 15 is 0 Å². The summed E-state index contributed by atoms with van der Waals surface area (Å²) in [7, 11) is 1.51. The van der Waals surface area contributed by atoms with Crippen LogP contribution in [-0.4, -0.2) is 12.9 Å². The summed E-state index contributed by atoms with van der Waals surface area (Å²) in [6, 6.07) is 7.02. The van der Waals surface area contributed by atoms with Gasteiger partial charge in [0.15, 0.2) is 5.78 Å². The van der Waals surface area contributed by atoms with Gasteiger partial charge in [-0.1, -0.05) is 24.9 Å². The summed E-state index contributed by atoms with van der Waals surface area (Å²) >= 11 is 5.91. The van der Waals surface area contributed by atoms with Gasteiger partial charge < -0.3 is 4.74 Å².